The first-order valence-electron chi connectivity index (χ1n) is 6.62. The first kappa shape index (κ1) is 15.1. The molecule has 0 spiro atoms. The molecule has 1 amide bonds. The van der Waals surface area contributed by atoms with Crippen LogP contribution in [0.15, 0.2) is 45.7 Å². The number of nitrogens with one attached hydrogen (secondary N) is 1. The van der Waals surface area contributed by atoms with E-state index in [0.29, 0.717) is 18.1 Å². The van der Waals surface area contributed by atoms with E-state index in [4.69, 9.17) is 9.68 Å². The molecule has 0 bridgehead atoms. The molecule has 1 N–H and O–H groups in total. The highest BCUT2D eigenvalue weighted by Crippen LogP contribution is 2.13. The van der Waals surface area contributed by atoms with Crippen LogP contribution < -0.4 is 5.32 Å². The average molecular weight is 375 g/mol. The summed E-state index contributed by atoms with van der Waals surface area (Å²) in [4.78, 5) is 12.1. The molecule has 0 radical (unpaired) electrons. The first-order valence-corrected chi connectivity index (χ1v) is 7.42. The number of nitriles is 1. The number of carbonyl (C=O) groups is 1. The summed E-state index contributed by atoms with van der Waals surface area (Å²) < 4.78 is 9.50. The van der Waals surface area contributed by atoms with Crippen LogP contribution in [0.25, 0.3) is 0 Å². The maximum Gasteiger partial charge on any atom is 0.292 e. The van der Waals surface area contributed by atoms with Gasteiger partial charge in [0.05, 0.1) is 23.3 Å². The van der Waals surface area contributed by atoms with Crippen LogP contribution in [0.3, 0.4) is 0 Å². The van der Waals surface area contributed by atoms with E-state index in [9.17, 15) is 4.79 Å². The fourth-order valence-corrected chi connectivity index (χ4v) is 2.26. The predicted molar refractivity (Wildman–Crippen MR) is 83.5 cm³/mol. The van der Waals surface area contributed by atoms with Crippen LogP contribution in [-0.4, -0.2) is 25.5 Å². The van der Waals surface area contributed by atoms with Gasteiger partial charge in [0.2, 0.25) is 0 Å². The van der Waals surface area contributed by atoms with Crippen LogP contribution >= 0.6 is 15.9 Å². The van der Waals surface area contributed by atoms with Crippen molar-refractivity contribution in [3.8, 4) is 6.07 Å². The van der Waals surface area contributed by atoms with E-state index in [-0.39, 0.29) is 12.3 Å². The number of aromatic nitrogens is 4. The van der Waals surface area contributed by atoms with Crippen molar-refractivity contribution in [1.82, 2.24) is 19.6 Å². The Morgan fingerprint density at radius 2 is 2.26 bits per heavy atom. The Balaban J connectivity index is 1.64. The second kappa shape index (κ2) is 6.50. The molecule has 0 aliphatic carbocycles. The van der Waals surface area contributed by atoms with Gasteiger partial charge in [0.1, 0.15) is 12.3 Å². The van der Waals surface area contributed by atoms with Crippen molar-refractivity contribution in [1.29, 1.82) is 5.26 Å². The molecule has 0 fully saturated rings. The van der Waals surface area contributed by atoms with Gasteiger partial charge < -0.3 is 9.73 Å². The second-order valence-corrected chi connectivity index (χ2v) is 5.55. The summed E-state index contributed by atoms with van der Waals surface area (Å²) in [5, 5.41) is 19.4. The van der Waals surface area contributed by atoms with E-state index < -0.39 is 5.91 Å². The van der Waals surface area contributed by atoms with Crippen molar-refractivity contribution in [2.24, 2.45) is 0 Å². The number of rotatable bonds is 5. The molecule has 3 heterocycles. The molecule has 8 nitrogen and oxygen atoms in total. The van der Waals surface area contributed by atoms with E-state index in [1.807, 2.05) is 12.3 Å². The van der Waals surface area contributed by atoms with Crippen LogP contribution in [0.5, 0.6) is 0 Å². The minimum atomic E-state index is -0.403. The molecule has 0 saturated heterocycles. The SMILES string of the molecule is N#CCn1ccc(NC(=O)c2ccc(Cn3cc(Br)cn3)o2)n1. The third-order valence-electron chi connectivity index (χ3n) is 2.92. The highest BCUT2D eigenvalue weighted by atomic mass is 79.9. The van der Waals surface area contributed by atoms with Crippen molar-refractivity contribution in [3.05, 3.63) is 52.8 Å². The van der Waals surface area contributed by atoms with Gasteiger partial charge in [-0.3, -0.25) is 14.2 Å². The Morgan fingerprint density at radius 1 is 1.39 bits per heavy atom. The zero-order valence-electron chi connectivity index (χ0n) is 11.8. The monoisotopic (exact) mass is 374 g/mol. The molecule has 3 rings (SSSR count). The molecule has 0 aliphatic rings. The topological polar surface area (TPSA) is 102 Å². The lowest BCUT2D eigenvalue weighted by Gasteiger charge is -1.99. The lowest BCUT2D eigenvalue weighted by atomic mass is 10.4. The van der Waals surface area contributed by atoms with Gasteiger partial charge in [-0.1, -0.05) is 0 Å². The van der Waals surface area contributed by atoms with E-state index in [1.165, 1.54) is 4.68 Å². The van der Waals surface area contributed by atoms with Gasteiger partial charge in [-0.25, -0.2) is 0 Å². The summed E-state index contributed by atoms with van der Waals surface area (Å²) >= 11 is 3.32. The normalized spacial score (nSPS) is 10.4. The molecule has 23 heavy (non-hydrogen) atoms. The zero-order valence-corrected chi connectivity index (χ0v) is 13.4. The minimum absolute atomic E-state index is 0.125. The zero-order chi connectivity index (χ0) is 16.2. The smallest absolute Gasteiger partial charge is 0.292 e. The summed E-state index contributed by atoms with van der Waals surface area (Å²) in [5.41, 5.74) is 0. The van der Waals surface area contributed by atoms with Gasteiger partial charge in [0.25, 0.3) is 5.91 Å². The third-order valence-corrected chi connectivity index (χ3v) is 3.33. The van der Waals surface area contributed by atoms with E-state index in [2.05, 4.69) is 31.4 Å². The summed E-state index contributed by atoms with van der Waals surface area (Å²) in [6.45, 7) is 0.551. The number of nitrogens with zero attached hydrogens (tertiary/aromatic N) is 5. The Labute approximate surface area is 139 Å². The van der Waals surface area contributed by atoms with Crippen molar-refractivity contribution in [3.63, 3.8) is 0 Å². The largest absolute Gasteiger partial charge is 0.454 e. The summed E-state index contributed by atoms with van der Waals surface area (Å²) in [7, 11) is 0. The molecule has 0 aliphatic heterocycles. The number of hydrogen-bond acceptors (Lipinski definition) is 5. The lowest BCUT2D eigenvalue weighted by molar-refractivity contribution is 0.0994. The van der Waals surface area contributed by atoms with E-state index >= 15 is 0 Å². The maximum atomic E-state index is 12.1. The highest BCUT2D eigenvalue weighted by Gasteiger charge is 2.13. The summed E-state index contributed by atoms with van der Waals surface area (Å²) in [5.74, 6) is 0.751. The molecule has 0 unspecified atom stereocenters. The standard InChI is InChI=1S/C14H11BrN6O2/c15-10-7-17-21(8-10)9-11-1-2-12(23-11)14(22)18-13-3-5-20(19-13)6-4-16/h1-3,5,7-8H,6,9H2,(H,18,19,22). The van der Waals surface area contributed by atoms with Crippen molar-refractivity contribution < 1.29 is 9.21 Å². The number of halogens is 1. The number of anilines is 1. The molecular formula is C14H11BrN6O2. The Hall–Kier alpha value is -2.86. The van der Waals surface area contributed by atoms with Gasteiger partial charge >= 0.3 is 0 Å². The van der Waals surface area contributed by atoms with Crippen molar-refractivity contribution in [2.75, 3.05) is 5.32 Å². The summed E-state index contributed by atoms with van der Waals surface area (Å²) in [6, 6.07) is 6.89. The minimum Gasteiger partial charge on any atom is -0.454 e. The Kier molecular flexibility index (Phi) is 4.25. The highest BCUT2D eigenvalue weighted by molar-refractivity contribution is 9.10. The van der Waals surface area contributed by atoms with Crippen LogP contribution in [-0.2, 0) is 13.1 Å². The fourth-order valence-electron chi connectivity index (χ4n) is 1.94. The van der Waals surface area contributed by atoms with Crippen molar-refractivity contribution >= 4 is 27.7 Å². The van der Waals surface area contributed by atoms with Gasteiger partial charge in [-0.2, -0.15) is 15.5 Å². The molecule has 116 valence electrons. The Bertz CT molecular complexity index is 872. The molecule has 9 heteroatoms. The van der Waals surface area contributed by atoms with Crippen molar-refractivity contribution in [2.45, 2.75) is 13.1 Å². The maximum absolute atomic E-state index is 12.1. The lowest BCUT2D eigenvalue weighted by Crippen LogP contribution is -2.12. The van der Waals surface area contributed by atoms with Crippen LogP contribution in [0.2, 0.25) is 0 Å². The van der Waals surface area contributed by atoms with Crippen LogP contribution in [0.1, 0.15) is 16.3 Å². The van der Waals surface area contributed by atoms with Gasteiger partial charge in [0.15, 0.2) is 11.6 Å². The molecule has 0 atom stereocenters. The second-order valence-electron chi connectivity index (χ2n) is 4.63. The average Bonchev–Trinajstić information content (AvgIpc) is 3.23. The number of furan rings is 1. The molecule has 0 aromatic carbocycles. The Morgan fingerprint density at radius 3 is 3.00 bits per heavy atom. The van der Waals surface area contributed by atoms with Gasteiger partial charge in [-0.15, -0.1) is 0 Å². The molecular weight excluding hydrogens is 364 g/mol. The van der Waals surface area contributed by atoms with Crippen LogP contribution in [0.4, 0.5) is 5.82 Å². The number of amides is 1. The van der Waals surface area contributed by atoms with Crippen LogP contribution in [0, 0.1) is 11.3 Å². The number of carbonyl (C=O) groups excluding carboxylic acids is 1. The molecule has 0 saturated carbocycles. The first-order chi connectivity index (χ1) is 11.1. The van der Waals surface area contributed by atoms with Gasteiger partial charge in [-0.05, 0) is 28.1 Å². The fraction of sp³-hybridized carbons (Fsp3) is 0.143. The molecule has 3 aromatic rings. The third kappa shape index (κ3) is 3.67. The molecule has 3 aromatic heterocycles. The summed E-state index contributed by atoms with van der Waals surface area (Å²) in [6.07, 6.45) is 5.10. The predicted octanol–water partition coefficient (Wildman–Crippen LogP) is 2.26. The van der Waals surface area contributed by atoms with E-state index in [1.54, 1.807) is 35.3 Å². The van der Waals surface area contributed by atoms with E-state index in [0.717, 1.165) is 4.47 Å². The number of hydrogen-bond donors (Lipinski definition) is 1. The quantitative estimate of drug-likeness (QED) is 0.737. The van der Waals surface area contributed by atoms with Gasteiger partial charge in [0, 0.05) is 18.5 Å².